The molecule has 0 saturated heterocycles. The number of halogens is 1. The second kappa shape index (κ2) is 5.63. The van der Waals surface area contributed by atoms with Crippen LogP contribution < -0.4 is 10.5 Å². The van der Waals surface area contributed by atoms with E-state index in [1.165, 1.54) is 5.56 Å². The summed E-state index contributed by atoms with van der Waals surface area (Å²) in [5.41, 5.74) is 7.58. The van der Waals surface area contributed by atoms with Crippen LogP contribution in [0.15, 0.2) is 16.6 Å². The molecule has 2 N–H and O–H groups in total. The molecule has 3 nitrogen and oxygen atoms in total. The summed E-state index contributed by atoms with van der Waals surface area (Å²) < 4.78 is 6.65. The van der Waals surface area contributed by atoms with Crippen LogP contribution in [0.3, 0.4) is 0 Å². The molecule has 0 atom stereocenters. The number of hydrogen-bond acceptors (Lipinski definition) is 3. The van der Waals surface area contributed by atoms with Crippen LogP contribution in [0.2, 0.25) is 0 Å². The highest BCUT2D eigenvalue weighted by molar-refractivity contribution is 9.10. The number of hydrogen-bond donors (Lipinski definition) is 1. The molecule has 4 heteroatoms. The van der Waals surface area contributed by atoms with Crippen molar-refractivity contribution in [2.75, 3.05) is 6.61 Å². The number of ether oxygens (including phenoxy) is 1. The number of benzene rings is 1. The molecule has 0 aliphatic carbocycles. The summed E-state index contributed by atoms with van der Waals surface area (Å²) in [4.78, 5) is 12.4. The van der Waals surface area contributed by atoms with Crippen molar-refractivity contribution in [1.82, 2.24) is 0 Å². The summed E-state index contributed by atoms with van der Waals surface area (Å²) in [6.07, 6.45) is 2.59. The quantitative estimate of drug-likeness (QED) is 0.905. The van der Waals surface area contributed by atoms with Crippen molar-refractivity contribution in [2.45, 2.75) is 45.1 Å². The lowest BCUT2D eigenvalue weighted by atomic mass is 9.85. The van der Waals surface area contributed by atoms with E-state index in [-0.39, 0.29) is 5.78 Å². The molecule has 0 saturated carbocycles. The van der Waals surface area contributed by atoms with Gasteiger partial charge in [0, 0.05) is 22.9 Å². The zero-order valence-electron chi connectivity index (χ0n) is 11.5. The first-order valence-electron chi connectivity index (χ1n) is 6.76. The van der Waals surface area contributed by atoms with Gasteiger partial charge >= 0.3 is 0 Å². The van der Waals surface area contributed by atoms with E-state index in [1.807, 2.05) is 19.9 Å². The summed E-state index contributed by atoms with van der Waals surface area (Å²) in [6.45, 7) is 4.62. The van der Waals surface area contributed by atoms with Crippen molar-refractivity contribution in [3.63, 3.8) is 0 Å². The van der Waals surface area contributed by atoms with E-state index in [4.69, 9.17) is 10.5 Å². The van der Waals surface area contributed by atoms with Crippen molar-refractivity contribution in [1.29, 1.82) is 0 Å². The maximum atomic E-state index is 12.4. The second-order valence-corrected chi connectivity index (χ2v) is 6.03. The molecule has 104 valence electrons. The summed E-state index contributed by atoms with van der Waals surface area (Å²) >= 11 is 3.49. The van der Waals surface area contributed by atoms with Crippen LogP contribution >= 0.6 is 15.9 Å². The fourth-order valence-corrected chi connectivity index (χ4v) is 3.02. The van der Waals surface area contributed by atoms with Crippen LogP contribution in [-0.4, -0.2) is 17.9 Å². The first-order chi connectivity index (χ1) is 9.00. The number of rotatable bonds is 5. The fourth-order valence-electron chi connectivity index (χ4n) is 2.47. The maximum Gasteiger partial charge on any atom is 0.157 e. The molecule has 0 unspecified atom stereocenters. The Hall–Kier alpha value is -0.870. The largest absolute Gasteiger partial charge is 0.493 e. The van der Waals surface area contributed by atoms with Gasteiger partial charge in [-0.2, -0.15) is 0 Å². The smallest absolute Gasteiger partial charge is 0.157 e. The first kappa shape index (κ1) is 14.5. The molecular formula is C15H20BrNO2. The predicted octanol–water partition coefficient (Wildman–Crippen LogP) is 3.01. The topological polar surface area (TPSA) is 52.3 Å². The van der Waals surface area contributed by atoms with Gasteiger partial charge in [0.25, 0.3) is 0 Å². The lowest BCUT2D eigenvalue weighted by molar-refractivity contribution is -0.123. The molecule has 1 aliphatic rings. The lowest BCUT2D eigenvalue weighted by Gasteiger charge is -2.25. The van der Waals surface area contributed by atoms with E-state index < -0.39 is 5.54 Å². The number of carbonyl (C=O) groups is 1. The van der Waals surface area contributed by atoms with Crippen LogP contribution in [0.4, 0.5) is 0 Å². The highest BCUT2D eigenvalue weighted by atomic mass is 79.9. The number of nitrogens with two attached hydrogens (primary N) is 1. The molecule has 1 aromatic rings. The van der Waals surface area contributed by atoms with Crippen LogP contribution in [0, 0.1) is 0 Å². The molecule has 0 spiro atoms. The highest BCUT2D eigenvalue weighted by Gasteiger charge is 2.31. The standard InChI is InChI=1S/C15H20BrNO2/c1-3-15(17,4-2)13(18)9-11-8-12(16)7-10-5-6-19-14(10)11/h7-8H,3-6,9,17H2,1-2H3. The van der Waals surface area contributed by atoms with Gasteiger partial charge < -0.3 is 10.5 Å². The minimum absolute atomic E-state index is 0.0910. The zero-order valence-corrected chi connectivity index (χ0v) is 13.0. The Labute approximate surface area is 122 Å². The number of fused-ring (bicyclic) bond motifs is 1. The first-order valence-corrected chi connectivity index (χ1v) is 7.55. The predicted molar refractivity (Wildman–Crippen MR) is 79.6 cm³/mol. The lowest BCUT2D eigenvalue weighted by Crippen LogP contribution is -2.47. The van der Waals surface area contributed by atoms with E-state index in [0.29, 0.717) is 25.9 Å². The number of carbonyl (C=O) groups excluding carboxylic acids is 1. The average Bonchev–Trinajstić information content (AvgIpc) is 2.85. The Morgan fingerprint density at radius 2 is 2.11 bits per heavy atom. The van der Waals surface area contributed by atoms with Crippen LogP contribution in [0.1, 0.15) is 37.8 Å². The van der Waals surface area contributed by atoms with Crippen molar-refractivity contribution in [3.05, 3.63) is 27.7 Å². The van der Waals surface area contributed by atoms with Gasteiger partial charge in [-0.05, 0) is 30.5 Å². The van der Waals surface area contributed by atoms with Gasteiger partial charge in [0.1, 0.15) is 5.75 Å². The van der Waals surface area contributed by atoms with Crippen LogP contribution in [0.25, 0.3) is 0 Å². The monoisotopic (exact) mass is 325 g/mol. The van der Waals surface area contributed by atoms with Gasteiger partial charge in [0.2, 0.25) is 0 Å². The molecule has 0 fully saturated rings. The summed E-state index contributed by atoms with van der Waals surface area (Å²) in [7, 11) is 0. The van der Waals surface area contributed by atoms with Crippen molar-refractivity contribution in [2.24, 2.45) is 5.73 Å². The Balaban J connectivity index is 2.27. The molecular weight excluding hydrogens is 306 g/mol. The van der Waals surface area contributed by atoms with Gasteiger partial charge in [-0.25, -0.2) is 0 Å². The van der Waals surface area contributed by atoms with E-state index in [9.17, 15) is 4.79 Å². The molecule has 0 aromatic heterocycles. The Morgan fingerprint density at radius 1 is 1.42 bits per heavy atom. The molecule has 1 aromatic carbocycles. The van der Waals surface area contributed by atoms with Gasteiger partial charge in [-0.3, -0.25) is 4.79 Å². The average molecular weight is 326 g/mol. The second-order valence-electron chi connectivity index (χ2n) is 5.11. The van der Waals surface area contributed by atoms with Crippen LogP contribution in [-0.2, 0) is 17.6 Å². The van der Waals surface area contributed by atoms with Gasteiger partial charge in [0.15, 0.2) is 5.78 Å². The third kappa shape index (κ3) is 2.84. The number of Topliss-reactive ketones (excluding diaryl/α,β-unsaturated/α-hetero) is 1. The van der Waals surface area contributed by atoms with E-state index in [2.05, 4.69) is 22.0 Å². The Kier molecular flexibility index (Phi) is 4.31. The SMILES string of the molecule is CCC(N)(CC)C(=O)Cc1cc(Br)cc2c1OCC2. The normalized spacial score (nSPS) is 14.1. The van der Waals surface area contributed by atoms with Crippen molar-refractivity contribution >= 4 is 21.7 Å². The Bertz CT molecular complexity index is 495. The minimum atomic E-state index is -0.714. The molecule has 1 heterocycles. The van der Waals surface area contributed by atoms with Gasteiger partial charge in [-0.15, -0.1) is 0 Å². The molecule has 0 radical (unpaired) electrons. The van der Waals surface area contributed by atoms with Crippen molar-refractivity contribution < 1.29 is 9.53 Å². The molecule has 19 heavy (non-hydrogen) atoms. The van der Waals surface area contributed by atoms with E-state index in [1.54, 1.807) is 0 Å². The van der Waals surface area contributed by atoms with E-state index in [0.717, 1.165) is 22.2 Å². The summed E-state index contributed by atoms with van der Waals surface area (Å²) in [5.74, 6) is 0.972. The fraction of sp³-hybridized carbons (Fsp3) is 0.533. The third-order valence-corrected chi connectivity index (χ3v) is 4.45. The van der Waals surface area contributed by atoms with Gasteiger partial charge in [-0.1, -0.05) is 29.8 Å². The molecule has 0 bridgehead atoms. The summed E-state index contributed by atoms with van der Waals surface area (Å²) in [5, 5.41) is 0. The van der Waals surface area contributed by atoms with Crippen molar-refractivity contribution in [3.8, 4) is 5.75 Å². The Morgan fingerprint density at radius 3 is 2.74 bits per heavy atom. The van der Waals surface area contributed by atoms with Gasteiger partial charge in [0.05, 0.1) is 12.1 Å². The van der Waals surface area contributed by atoms with E-state index >= 15 is 0 Å². The maximum absolute atomic E-state index is 12.4. The molecule has 2 rings (SSSR count). The summed E-state index contributed by atoms with van der Waals surface area (Å²) in [6, 6.07) is 4.03. The molecule has 1 aliphatic heterocycles. The minimum Gasteiger partial charge on any atom is -0.493 e. The number of ketones is 1. The highest BCUT2D eigenvalue weighted by Crippen LogP contribution is 2.34. The zero-order chi connectivity index (χ0) is 14.0. The molecule has 0 amide bonds. The third-order valence-electron chi connectivity index (χ3n) is 3.99. The van der Waals surface area contributed by atoms with Crippen LogP contribution in [0.5, 0.6) is 5.75 Å².